The van der Waals surface area contributed by atoms with Gasteiger partial charge in [-0.15, -0.1) is 0 Å². The number of carbonyl (C=O) groups is 2. The molecule has 0 unspecified atom stereocenters. The van der Waals surface area contributed by atoms with Gasteiger partial charge < -0.3 is 16.6 Å². The van der Waals surface area contributed by atoms with Gasteiger partial charge in [0.25, 0.3) is 0 Å². The third-order valence-electron chi connectivity index (χ3n) is 3.25. The molecule has 0 heterocycles. The van der Waals surface area contributed by atoms with Crippen molar-refractivity contribution in [3.05, 3.63) is 59.2 Å². The molecule has 108 valence electrons. The van der Waals surface area contributed by atoms with E-state index >= 15 is 0 Å². The smallest absolute Gasteiger partial charge is 0.248 e. The Morgan fingerprint density at radius 1 is 0.905 bits per heavy atom. The van der Waals surface area contributed by atoms with Crippen LogP contribution in [0.4, 0.5) is 0 Å². The molecule has 2 aromatic carbocycles. The molecule has 0 aromatic heterocycles. The summed E-state index contributed by atoms with van der Waals surface area (Å²) in [5, 5.41) is 9.16. The zero-order chi connectivity index (χ0) is 15.4. The van der Waals surface area contributed by atoms with Crippen molar-refractivity contribution in [2.75, 3.05) is 6.61 Å². The maximum atomic E-state index is 11.2. The topological polar surface area (TPSA) is 106 Å². The number of amides is 2. The summed E-state index contributed by atoms with van der Waals surface area (Å²) in [5.41, 5.74) is 13.9. The van der Waals surface area contributed by atoms with Crippen LogP contribution >= 0.6 is 0 Å². The molecule has 5 N–H and O–H groups in total. The number of primary amides is 2. The van der Waals surface area contributed by atoms with Crippen LogP contribution in [0, 0.1) is 0 Å². The molecule has 21 heavy (non-hydrogen) atoms. The Labute approximate surface area is 122 Å². The van der Waals surface area contributed by atoms with Crippen molar-refractivity contribution in [1.82, 2.24) is 0 Å². The molecule has 0 aliphatic rings. The lowest BCUT2D eigenvalue weighted by molar-refractivity contribution is 0.0991. The molecule has 2 aromatic rings. The average molecular weight is 284 g/mol. The van der Waals surface area contributed by atoms with Crippen LogP contribution < -0.4 is 11.5 Å². The van der Waals surface area contributed by atoms with Gasteiger partial charge in [-0.05, 0) is 47.4 Å². The van der Waals surface area contributed by atoms with E-state index in [1.54, 1.807) is 42.5 Å². The van der Waals surface area contributed by atoms with E-state index in [0.717, 1.165) is 16.7 Å². The van der Waals surface area contributed by atoms with Crippen molar-refractivity contribution < 1.29 is 14.7 Å². The van der Waals surface area contributed by atoms with Crippen LogP contribution in [-0.4, -0.2) is 23.5 Å². The third kappa shape index (κ3) is 3.27. The Morgan fingerprint density at radius 3 is 2.00 bits per heavy atom. The highest BCUT2D eigenvalue weighted by Crippen LogP contribution is 2.25. The SMILES string of the molecule is NC(=O)c1ccc(-c2ccc(C(N)=O)cc2CCO)cc1. The molecule has 0 bridgehead atoms. The summed E-state index contributed by atoms with van der Waals surface area (Å²) in [6.07, 6.45) is 0.411. The molecule has 5 heteroatoms. The summed E-state index contributed by atoms with van der Waals surface area (Å²) in [6.45, 7) is -0.0332. The second-order valence-corrected chi connectivity index (χ2v) is 4.65. The normalized spacial score (nSPS) is 10.3. The summed E-state index contributed by atoms with van der Waals surface area (Å²) in [7, 11) is 0. The Kier molecular flexibility index (Phi) is 4.35. The Balaban J connectivity index is 2.46. The van der Waals surface area contributed by atoms with Crippen molar-refractivity contribution in [3.8, 4) is 11.1 Å². The van der Waals surface area contributed by atoms with Gasteiger partial charge in [0.15, 0.2) is 0 Å². The summed E-state index contributed by atoms with van der Waals surface area (Å²) < 4.78 is 0. The minimum Gasteiger partial charge on any atom is -0.396 e. The quantitative estimate of drug-likeness (QED) is 0.765. The second-order valence-electron chi connectivity index (χ2n) is 4.65. The van der Waals surface area contributed by atoms with Crippen LogP contribution in [-0.2, 0) is 6.42 Å². The van der Waals surface area contributed by atoms with Crippen LogP contribution in [0.1, 0.15) is 26.3 Å². The molecule has 2 rings (SSSR count). The summed E-state index contributed by atoms with van der Waals surface area (Å²) in [5.74, 6) is -0.994. The van der Waals surface area contributed by atoms with Gasteiger partial charge in [-0.1, -0.05) is 18.2 Å². The Morgan fingerprint density at radius 2 is 1.48 bits per heavy atom. The van der Waals surface area contributed by atoms with E-state index in [2.05, 4.69) is 0 Å². The molecule has 0 spiro atoms. The third-order valence-corrected chi connectivity index (χ3v) is 3.25. The van der Waals surface area contributed by atoms with Crippen molar-refractivity contribution >= 4 is 11.8 Å². The van der Waals surface area contributed by atoms with E-state index in [4.69, 9.17) is 16.6 Å². The molecule has 0 aliphatic heterocycles. The lowest BCUT2D eigenvalue weighted by Gasteiger charge is -2.11. The van der Waals surface area contributed by atoms with Gasteiger partial charge in [-0.2, -0.15) is 0 Å². The summed E-state index contributed by atoms with van der Waals surface area (Å²) in [6, 6.07) is 11.9. The second kappa shape index (κ2) is 6.19. The molecule has 2 amide bonds. The number of nitrogens with two attached hydrogens (primary N) is 2. The van der Waals surface area contributed by atoms with E-state index in [-0.39, 0.29) is 6.61 Å². The minimum absolute atomic E-state index is 0.0332. The first kappa shape index (κ1) is 14.7. The van der Waals surface area contributed by atoms with E-state index in [1.165, 1.54) is 0 Å². The number of hydrogen-bond donors (Lipinski definition) is 3. The Hall–Kier alpha value is -2.66. The molecule has 0 radical (unpaired) electrons. The van der Waals surface area contributed by atoms with Crippen molar-refractivity contribution in [1.29, 1.82) is 0 Å². The predicted octanol–water partition coefficient (Wildman–Crippen LogP) is 1.09. The van der Waals surface area contributed by atoms with Crippen LogP contribution in [0.15, 0.2) is 42.5 Å². The van der Waals surface area contributed by atoms with Gasteiger partial charge in [-0.3, -0.25) is 9.59 Å². The highest BCUT2D eigenvalue weighted by atomic mass is 16.3. The maximum Gasteiger partial charge on any atom is 0.248 e. The van der Waals surface area contributed by atoms with Gasteiger partial charge in [-0.25, -0.2) is 0 Å². The monoisotopic (exact) mass is 284 g/mol. The highest BCUT2D eigenvalue weighted by Gasteiger charge is 2.09. The van der Waals surface area contributed by atoms with E-state index in [0.29, 0.717) is 17.5 Å². The number of carbonyl (C=O) groups excluding carboxylic acids is 2. The van der Waals surface area contributed by atoms with Crippen LogP contribution in [0.2, 0.25) is 0 Å². The number of rotatable bonds is 5. The van der Waals surface area contributed by atoms with E-state index < -0.39 is 11.8 Å². The van der Waals surface area contributed by atoms with Crippen molar-refractivity contribution in [2.24, 2.45) is 11.5 Å². The molecule has 0 saturated heterocycles. The standard InChI is InChI=1S/C16H16N2O3/c17-15(20)11-3-1-10(2-4-11)14-6-5-13(16(18)21)9-12(14)7-8-19/h1-6,9,19H,7-8H2,(H2,17,20)(H2,18,21). The predicted molar refractivity (Wildman–Crippen MR) is 79.7 cm³/mol. The first-order valence-corrected chi connectivity index (χ1v) is 6.46. The molecule has 0 aliphatic carbocycles. The molecule has 0 saturated carbocycles. The van der Waals surface area contributed by atoms with Gasteiger partial charge in [0.05, 0.1) is 0 Å². The lowest BCUT2D eigenvalue weighted by Crippen LogP contribution is -2.12. The Bertz CT molecular complexity index is 678. The fourth-order valence-corrected chi connectivity index (χ4v) is 2.17. The molecular weight excluding hydrogens is 268 g/mol. The number of aliphatic hydroxyl groups excluding tert-OH is 1. The fraction of sp³-hybridized carbons (Fsp3) is 0.125. The van der Waals surface area contributed by atoms with E-state index in [9.17, 15) is 9.59 Å². The summed E-state index contributed by atoms with van der Waals surface area (Å²) >= 11 is 0. The van der Waals surface area contributed by atoms with Gasteiger partial charge in [0.1, 0.15) is 0 Å². The van der Waals surface area contributed by atoms with Gasteiger partial charge in [0, 0.05) is 17.7 Å². The maximum absolute atomic E-state index is 11.2. The lowest BCUT2D eigenvalue weighted by atomic mass is 9.95. The minimum atomic E-state index is -0.509. The fourth-order valence-electron chi connectivity index (χ4n) is 2.17. The van der Waals surface area contributed by atoms with Gasteiger partial charge in [0.2, 0.25) is 11.8 Å². The van der Waals surface area contributed by atoms with Crippen molar-refractivity contribution in [3.63, 3.8) is 0 Å². The van der Waals surface area contributed by atoms with Crippen LogP contribution in [0.25, 0.3) is 11.1 Å². The first-order valence-electron chi connectivity index (χ1n) is 6.46. The summed E-state index contributed by atoms with van der Waals surface area (Å²) in [4.78, 5) is 22.3. The van der Waals surface area contributed by atoms with Gasteiger partial charge >= 0.3 is 0 Å². The number of aliphatic hydroxyl groups is 1. The van der Waals surface area contributed by atoms with Crippen LogP contribution in [0.3, 0.4) is 0 Å². The van der Waals surface area contributed by atoms with Crippen LogP contribution in [0.5, 0.6) is 0 Å². The zero-order valence-electron chi connectivity index (χ0n) is 11.4. The molecular formula is C16H16N2O3. The largest absolute Gasteiger partial charge is 0.396 e. The average Bonchev–Trinajstić information content (AvgIpc) is 2.47. The number of hydrogen-bond acceptors (Lipinski definition) is 3. The molecule has 0 fully saturated rings. The van der Waals surface area contributed by atoms with E-state index in [1.807, 2.05) is 0 Å². The number of benzene rings is 2. The molecule has 0 atom stereocenters. The zero-order valence-corrected chi connectivity index (χ0v) is 11.4. The highest BCUT2D eigenvalue weighted by molar-refractivity contribution is 5.94. The first-order chi connectivity index (χ1) is 10.0. The van der Waals surface area contributed by atoms with Crippen molar-refractivity contribution in [2.45, 2.75) is 6.42 Å². The molecule has 5 nitrogen and oxygen atoms in total.